The Bertz CT molecular complexity index is 28.8. The zero-order chi connectivity index (χ0) is 4.12. The number of rotatable bonds is 2. The molecule has 0 spiro atoms. The molecule has 0 radical (unpaired) electrons. The van der Waals surface area contributed by atoms with Crippen molar-refractivity contribution < 1.29 is 4.18 Å². The highest BCUT2D eigenvalue weighted by Crippen LogP contribution is 1.89. The molecule has 0 unspecified atom stereocenters. The predicted molar refractivity (Wildman–Crippen MR) is 28.3 cm³/mol. The standard InChI is InChI=1S/C2H4OS2/c1-3-5-2-4/h2H,1H3. The van der Waals surface area contributed by atoms with E-state index in [4.69, 9.17) is 0 Å². The Morgan fingerprint density at radius 2 is 2.60 bits per heavy atom. The summed E-state index contributed by atoms with van der Waals surface area (Å²) >= 11 is 5.52. The number of thiocarbonyl (C=S) groups is 1. The first-order valence-corrected chi connectivity index (χ1v) is 2.32. The fourth-order valence-electron chi connectivity index (χ4n) is 0.0393. The molecular weight excluding hydrogens is 104 g/mol. The Hall–Kier alpha value is 0.400. The van der Waals surface area contributed by atoms with E-state index in [9.17, 15) is 0 Å². The smallest absolute Gasteiger partial charge is 0.0622 e. The Labute approximate surface area is 40.9 Å². The predicted octanol–water partition coefficient (Wildman–Crippen LogP) is 1.24. The maximum atomic E-state index is 4.45. The van der Waals surface area contributed by atoms with Gasteiger partial charge in [-0.1, -0.05) is 12.2 Å². The summed E-state index contributed by atoms with van der Waals surface area (Å²) in [5, 5.41) is 0. The van der Waals surface area contributed by atoms with Crippen LogP contribution in [0, 0.1) is 0 Å². The third-order valence-corrected chi connectivity index (χ3v) is 0.642. The zero-order valence-corrected chi connectivity index (χ0v) is 4.44. The van der Waals surface area contributed by atoms with Gasteiger partial charge in [0.25, 0.3) is 0 Å². The molecule has 0 saturated heterocycles. The summed E-state index contributed by atoms with van der Waals surface area (Å²) in [6.45, 7) is 0. The van der Waals surface area contributed by atoms with Crippen LogP contribution in [0.15, 0.2) is 0 Å². The molecule has 0 aliphatic carbocycles. The zero-order valence-electron chi connectivity index (χ0n) is 2.80. The van der Waals surface area contributed by atoms with Gasteiger partial charge in [0.05, 0.1) is 11.8 Å². The van der Waals surface area contributed by atoms with Gasteiger partial charge in [0, 0.05) is 12.0 Å². The molecule has 0 bridgehead atoms. The monoisotopic (exact) mass is 108 g/mol. The normalized spacial score (nSPS) is 7.40. The van der Waals surface area contributed by atoms with Crippen LogP contribution >= 0.6 is 24.3 Å². The van der Waals surface area contributed by atoms with Crippen molar-refractivity contribution in [1.82, 2.24) is 0 Å². The molecule has 1 nitrogen and oxygen atoms in total. The van der Waals surface area contributed by atoms with Crippen molar-refractivity contribution in [3.63, 3.8) is 0 Å². The minimum absolute atomic E-state index is 1.15. The quantitative estimate of drug-likeness (QED) is 0.389. The van der Waals surface area contributed by atoms with Crippen molar-refractivity contribution in [2.75, 3.05) is 7.11 Å². The van der Waals surface area contributed by atoms with Crippen molar-refractivity contribution >= 4 is 29.0 Å². The fourth-order valence-corrected chi connectivity index (χ4v) is 0.354. The van der Waals surface area contributed by atoms with E-state index >= 15 is 0 Å². The number of hydrogen-bond acceptors (Lipinski definition) is 3. The Balaban J connectivity index is 2.40. The van der Waals surface area contributed by atoms with E-state index in [0.29, 0.717) is 0 Å². The molecule has 0 amide bonds. The van der Waals surface area contributed by atoms with Crippen LogP contribution in [0.25, 0.3) is 0 Å². The summed E-state index contributed by atoms with van der Waals surface area (Å²) in [6.07, 6.45) is 0. The van der Waals surface area contributed by atoms with E-state index in [1.54, 1.807) is 7.11 Å². The van der Waals surface area contributed by atoms with Crippen molar-refractivity contribution in [3.05, 3.63) is 0 Å². The average molecular weight is 108 g/mol. The van der Waals surface area contributed by atoms with Crippen LogP contribution in [-0.4, -0.2) is 11.8 Å². The van der Waals surface area contributed by atoms with Crippen LogP contribution in [0.1, 0.15) is 0 Å². The maximum Gasteiger partial charge on any atom is 0.0622 e. The Kier molecular flexibility index (Phi) is 4.75. The average Bonchev–Trinajstić information content (AvgIpc) is 1.41. The molecule has 0 aromatic rings. The van der Waals surface area contributed by atoms with Gasteiger partial charge in [0.2, 0.25) is 0 Å². The van der Waals surface area contributed by atoms with Crippen LogP contribution < -0.4 is 0 Å². The molecule has 0 N–H and O–H groups in total. The van der Waals surface area contributed by atoms with Crippen LogP contribution in [0.4, 0.5) is 0 Å². The van der Waals surface area contributed by atoms with E-state index in [1.165, 1.54) is 4.70 Å². The van der Waals surface area contributed by atoms with Crippen LogP contribution in [0.2, 0.25) is 0 Å². The van der Waals surface area contributed by atoms with E-state index in [0.717, 1.165) is 12.0 Å². The molecule has 0 rings (SSSR count). The summed E-state index contributed by atoms with van der Waals surface area (Å²) in [6, 6.07) is 0. The molecule has 0 aromatic heterocycles. The van der Waals surface area contributed by atoms with Gasteiger partial charge >= 0.3 is 0 Å². The highest BCUT2D eigenvalue weighted by molar-refractivity contribution is 8.17. The first-order valence-electron chi connectivity index (χ1n) is 1.05. The molecule has 0 aromatic carbocycles. The number of hydrogen-bond donors (Lipinski definition) is 0. The minimum atomic E-state index is 1.15. The molecule has 5 heavy (non-hydrogen) atoms. The second-order valence-electron chi connectivity index (χ2n) is 0.359. The first-order chi connectivity index (χ1) is 2.41. The molecule has 0 aliphatic heterocycles. The molecule has 0 heterocycles. The van der Waals surface area contributed by atoms with Crippen molar-refractivity contribution in [2.24, 2.45) is 0 Å². The van der Waals surface area contributed by atoms with Gasteiger partial charge in [-0.3, -0.25) is 0 Å². The molecular formula is C2H4OS2. The topological polar surface area (TPSA) is 9.23 Å². The van der Waals surface area contributed by atoms with E-state index in [2.05, 4.69) is 16.4 Å². The van der Waals surface area contributed by atoms with Gasteiger partial charge in [0.1, 0.15) is 0 Å². The molecule has 0 fully saturated rings. The summed E-state index contributed by atoms with van der Waals surface area (Å²) in [5.41, 5.74) is 0. The van der Waals surface area contributed by atoms with Crippen LogP contribution in [0.3, 0.4) is 0 Å². The SMILES string of the molecule is COSC=S. The fraction of sp³-hybridized carbons (Fsp3) is 0.500. The summed E-state index contributed by atoms with van der Waals surface area (Å²) in [7, 11) is 1.58. The van der Waals surface area contributed by atoms with Crippen LogP contribution in [-0.2, 0) is 4.18 Å². The lowest BCUT2D eigenvalue weighted by molar-refractivity contribution is 0.496. The van der Waals surface area contributed by atoms with E-state index in [-0.39, 0.29) is 0 Å². The van der Waals surface area contributed by atoms with Gasteiger partial charge in [-0.05, 0) is 0 Å². The lowest BCUT2D eigenvalue weighted by atomic mass is 11.8. The molecule has 0 saturated carbocycles. The van der Waals surface area contributed by atoms with E-state index < -0.39 is 0 Å². The van der Waals surface area contributed by atoms with Gasteiger partial charge in [-0.15, -0.1) is 0 Å². The lowest BCUT2D eigenvalue weighted by Crippen LogP contribution is -1.57. The summed E-state index contributed by atoms with van der Waals surface area (Å²) in [4.78, 5) is 0. The van der Waals surface area contributed by atoms with Crippen molar-refractivity contribution in [2.45, 2.75) is 0 Å². The van der Waals surface area contributed by atoms with E-state index in [1.807, 2.05) is 0 Å². The lowest BCUT2D eigenvalue weighted by Gasteiger charge is -1.75. The Morgan fingerprint density at radius 1 is 2.00 bits per heavy atom. The third kappa shape index (κ3) is 4.40. The molecule has 3 heteroatoms. The second kappa shape index (κ2) is 4.40. The first kappa shape index (κ1) is 5.40. The summed E-state index contributed by atoms with van der Waals surface area (Å²) < 4.78 is 5.91. The van der Waals surface area contributed by atoms with Crippen molar-refractivity contribution in [1.29, 1.82) is 0 Å². The van der Waals surface area contributed by atoms with Crippen molar-refractivity contribution in [3.8, 4) is 0 Å². The van der Waals surface area contributed by atoms with Gasteiger partial charge < -0.3 is 4.18 Å². The van der Waals surface area contributed by atoms with Crippen LogP contribution in [0.5, 0.6) is 0 Å². The summed E-state index contributed by atoms with van der Waals surface area (Å²) in [5.74, 6) is 0. The third-order valence-electron chi connectivity index (χ3n) is 0.136. The minimum Gasteiger partial charge on any atom is -0.313 e. The molecule has 0 atom stereocenters. The van der Waals surface area contributed by atoms with Gasteiger partial charge in [-0.2, -0.15) is 0 Å². The highest BCUT2D eigenvalue weighted by Gasteiger charge is 1.61. The van der Waals surface area contributed by atoms with Gasteiger partial charge in [0.15, 0.2) is 0 Å². The molecule has 30 valence electrons. The van der Waals surface area contributed by atoms with Gasteiger partial charge in [-0.25, -0.2) is 0 Å². The maximum absolute atomic E-state index is 4.45. The highest BCUT2D eigenvalue weighted by atomic mass is 32.2. The molecule has 0 aliphatic rings. The largest absolute Gasteiger partial charge is 0.313 e. The second-order valence-corrected chi connectivity index (χ2v) is 1.65. The Morgan fingerprint density at radius 3 is 2.60 bits per heavy atom.